The molecule has 1 aliphatic rings. The van der Waals surface area contributed by atoms with Crippen molar-refractivity contribution in [3.05, 3.63) is 0 Å². The highest BCUT2D eigenvalue weighted by atomic mass is 15.2. The van der Waals surface area contributed by atoms with Gasteiger partial charge in [0, 0.05) is 12.6 Å². The van der Waals surface area contributed by atoms with Gasteiger partial charge < -0.3 is 5.73 Å². The van der Waals surface area contributed by atoms with Crippen molar-refractivity contribution in [1.29, 1.82) is 0 Å². The van der Waals surface area contributed by atoms with Gasteiger partial charge >= 0.3 is 0 Å². The number of nitrogens with zero attached hydrogens (tertiary/aromatic N) is 1. The van der Waals surface area contributed by atoms with Crippen molar-refractivity contribution >= 4 is 0 Å². The Morgan fingerprint density at radius 2 is 2.23 bits per heavy atom. The minimum absolute atomic E-state index is 0.687. The molecule has 1 atom stereocenters. The lowest BCUT2D eigenvalue weighted by Crippen LogP contribution is -2.36. The van der Waals surface area contributed by atoms with Gasteiger partial charge in [-0.3, -0.25) is 4.90 Å². The highest BCUT2D eigenvalue weighted by Gasteiger charge is 2.21. The van der Waals surface area contributed by atoms with Crippen LogP contribution in [0.4, 0.5) is 0 Å². The second kappa shape index (κ2) is 5.61. The second-order valence-electron chi connectivity index (χ2n) is 4.60. The van der Waals surface area contributed by atoms with E-state index in [1.54, 1.807) is 0 Å². The van der Waals surface area contributed by atoms with E-state index in [0.29, 0.717) is 6.04 Å². The molecule has 0 aliphatic carbocycles. The van der Waals surface area contributed by atoms with E-state index in [0.717, 1.165) is 12.5 Å². The summed E-state index contributed by atoms with van der Waals surface area (Å²) in [6.07, 6.45) is 5.36. The quantitative estimate of drug-likeness (QED) is 0.706. The monoisotopic (exact) mass is 184 g/mol. The summed E-state index contributed by atoms with van der Waals surface area (Å²) in [4.78, 5) is 2.57. The number of rotatable bonds is 5. The molecule has 0 aromatic heterocycles. The lowest BCUT2D eigenvalue weighted by Gasteiger charge is -2.23. The van der Waals surface area contributed by atoms with E-state index in [-0.39, 0.29) is 0 Å². The highest BCUT2D eigenvalue weighted by molar-refractivity contribution is 4.79. The Kier molecular flexibility index (Phi) is 4.74. The molecular weight excluding hydrogens is 160 g/mol. The van der Waals surface area contributed by atoms with Crippen LogP contribution in [0.25, 0.3) is 0 Å². The van der Waals surface area contributed by atoms with Crippen LogP contribution in [0.15, 0.2) is 0 Å². The van der Waals surface area contributed by atoms with Crippen molar-refractivity contribution < 1.29 is 0 Å². The van der Waals surface area contributed by atoms with Crippen LogP contribution < -0.4 is 5.73 Å². The summed E-state index contributed by atoms with van der Waals surface area (Å²) in [5.41, 5.74) is 5.71. The third-order valence-corrected chi connectivity index (χ3v) is 3.00. The van der Waals surface area contributed by atoms with Crippen molar-refractivity contribution in [2.24, 2.45) is 11.7 Å². The zero-order valence-corrected chi connectivity index (χ0v) is 9.13. The summed E-state index contributed by atoms with van der Waals surface area (Å²) in [6.45, 7) is 7.98. The molecule has 0 radical (unpaired) electrons. The minimum atomic E-state index is 0.687. The van der Waals surface area contributed by atoms with Gasteiger partial charge in [-0.25, -0.2) is 0 Å². The van der Waals surface area contributed by atoms with Gasteiger partial charge in [0.1, 0.15) is 0 Å². The fourth-order valence-electron chi connectivity index (χ4n) is 2.16. The molecule has 13 heavy (non-hydrogen) atoms. The number of nitrogens with two attached hydrogens (primary N) is 1. The lowest BCUT2D eigenvalue weighted by atomic mass is 10.1. The molecule has 1 fully saturated rings. The average molecular weight is 184 g/mol. The number of likely N-dealkylation sites (tertiary alicyclic amines) is 1. The molecule has 0 bridgehead atoms. The molecule has 2 heteroatoms. The SMILES string of the molecule is CC(C)CCCN1CCCC1CN. The van der Waals surface area contributed by atoms with Crippen LogP contribution in [0.3, 0.4) is 0 Å². The maximum atomic E-state index is 5.71. The second-order valence-corrected chi connectivity index (χ2v) is 4.60. The summed E-state index contributed by atoms with van der Waals surface area (Å²) in [7, 11) is 0. The fourth-order valence-corrected chi connectivity index (χ4v) is 2.16. The summed E-state index contributed by atoms with van der Waals surface area (Å²) in [5, 5.41) is 0. The van der Waals surface area contributed by atoms with Crippen LogP contribution in [0, 0.1) is 5.92 Å². The van der Waals surface area contributed by atoms with Crippen LogP contribution in [-0.2, 0) is 0 Å². The Hall–Kier alpha value is -0.0800. The first kappa shape index (κ1) is 11.0. The Balaban J connectivity index is 2.13. The van der Waals surface area contributed by atoms with Gasteiger partial charge in [-0.15, -0.1) is 0 Å². The summed E-state index contributed by atoms with van der Waals surface area (Å²) < 4.78 is 0. The summed E-state index contributed by atoms with van der Waals surface area (Å²) >= 11 is 0. The van der Waals surface area contributed by atoms with Gasteiger partial charge in [-0.05, 0) is 44.7 Å². The molecular formula is C11H24N2. The van der Waals surface area contributed by atoms with Gasteiger partial charge in [0.2, 0.25) is 0 Å². The van der Waals surface area contributed by atoms with Gasteiger partial charge in [-0.2, -0.15) is 0 Å². The average Bonchev–Trinajstić information content (AvgIpc) is 2.51. The van der Waals surface area contributed by atoms with E-state index < -0.39 is 0 Å². The first-order valence-electron chi connectivity index (χ1n) is 5.68. The minimum Gasteiger partial charge on any atom is -0.329 e. The summed E-state index contributed by atoms with van der Waals surface area (Å²) in [5.74, 6) is 0.846. The Morgan fingerprint density at radius 1 is 1.46 bits per heavy atom. The molecule has 0 spiro atoms. The predicted octanol–water partition coefficient (Wildman–Crippen LogP) is 1.85. The zero-order valence-electron chi connectivity index (χ0n) is 9.13. The van der Waals surface area contributed by atoms with E-state index >= 15 is 0 Å². The van der Waals surface area contributed by atoms with Crippen molar-refractivity contribution in [2.45, 2.75) is 45.6 Å². The molecule has 0 saturated carbocycles. The van der Waals surface area contributed by atoms with Crippen LogP contribution in [0.1, 0.15) is 39.5 Å². The van der Waals surface area contributed by atoms with Crippen LogP contribution >= 0.6 is 0 Å². The molecule has 78 valence electrons. The van der Waals surface area contributed by atoms with Crippen molar-refractivity contribution in [3.63, 3.8) is 0 Å². The topological polar surface area (TPSA) is 29.3 Å². The third-order valence-electron chi connectivity index (χ3n) is 3.00. The maximum absolute atomic E-state index is 5.71. The molecule has 1 saturated heterocycles. The molecule has 2 N–H and O–H groups in total. The van der Waals surface area contributed by atoms with Crippen LogP contribution in [0.5, 0.6) is 0 Å². The van der Waals surface area contributed by atoms with E-state index in [4.69, 9.17) is 5.73 Å². The molecule has 1 unspecified atom stereocenters. The van der Waals surface area contributed by atoms with Crippen LogP contribution in [0.2, 0.25) is 0 Å². The van der Waals surface area contributed by atoms with Gasteiger partial charge in [0.25, 0.3) is 0 Å². The molecule has 1 rings (SSSR count). The van der Waals surface area contributed by atoms with E-state index in [9.17, 15) is 0 Å². The van der Waals surface area contributed by atoms with E-state index in [1.807, 2.05) is 0 Å². The third kappa shape index (κ3) is 3.65. The number of hydrogen-bond acceptors (Lipinski definition) is 2. The van der Waals surface area contributed by atoms with E-state index in [1.165, 1.54) is 38.8 Å². The lowest BCUT2D eigenvalue weighted by molar-refractivity contribution is 0.249. The highest BCUT2D eigenvalue weighted by Crippen LogP contribution is 2.17. The number of hydrogen-bond donors (Lipinski definition) is 1. The van der Waals surface area contributed by atoms with Crippen LogP contribution in [-0.4, -0.2) is 30.6 Å². The van der Waals surface area contributed by atoms with Gasteiger partial charge in [0.15, 0.2) is 0 Å². The molecule has 0 amide bonds. The van der Waals surface area contributed by atoms with Gasteiger partial charge in [-0.1, -0.05) is 13.8 Å². The maximum Gasteiger partial charge on any atom is 0.0218 e. The molecule has 1 aliphatic heterocycles. The zero-order chi connectivity index (χ0) is 9.68. The molecule has 1 heterocycles. The smallest absolute Gasteiger partial charge is 0.0218 e. The Morgan fingerprint density at radius 3 is 2.85 bits per heavy atom. The van der Waals surface area contributed by atoms with Crippen molar-refractivity contribution in [2.75, 3.05) is 19.6 Å². The molecule has 0 aromatic rings. The Labute approximate surface area is 82.5 Å². The molecule has 2 nitrogen and oxygen atoms in total. The summed E-state index contributed by atoms with van der Waals surface area (Å²) in [6, 6.07) is 0.687. The first-order chi connectivity index (χ1) is 6.24. The van der Waals surface area contributed by atoms with Crippen molar-refractivity contribution in [3.8, 4) is 0 Å². The van der Waals surface area contributed by atoms with E-state index in [2.05, 4.69) is 18.7 Å². The Bertz CT molecular complexity index is 134. The van der Waals surface area contributed by atoms with Crippen molar-refractivity contribution in [1.82, 2.24) is 4.90 Å². The fraction of sp³-hybridized carbons (Fsp3) is 1.00. The normalized spacial score (nSPS) is 24.5. The predicted molar refractivity (Wildman–Crippen MR) is 57.7 cm³/mol. The molecule has 0 aromatic carbocycles. The van der Waals surface area contributed by atoms with Gasteiger partial charge in [0.05, 0.1) is 0 Å². The first-order valence-corrected chi connectivity index (χ1v) is 5.68. The largest absolute Gasteiger partial charge is 0.329 e. The standard InChI is InChI=1S/C11H24N2/c1-10(2)5-3-7-13-8-4-6-11(13)9-12/h10-11H,3-9,12H2,1-2H3.